The summed E-state index contributed by atoms with van der Waals surface area (Å²) in [6, 6.07) is 4.88. The van der Waals surface area contributed by atoms with Gasteiger partial charge in [0.15, 0.2) is 0 Å². The normalized spacial score (nSPS) is 21.0. The second-order valence-corrected chi connectivity index (χ2v) is 8.73. The standard InChI is InChI=1S/C30H30/c1-4-21-16-25-18-27(19-26(25)17-22(21)5-2)29-12-8-10-24(29)15-20(3)28-14-13-23-9-6-7-11-30(23)28/h6-7,9-14,16-18,23H,3-5,8,15,19H2,1-2H3. The fraction of sp³-hybridized carbons (Fsp3) is 0.267. The van der Waals surface area contributed by atoms with Crippen LogP contribution < -0.4 is 0 Å². The van der Waals surface area contributed by atoms with Gasteiger partial charge >= 0.3 is 0 Å². The first-order valence-electron chi connectivity index (χ1n) is 11.4. The molecular weight excluding hydrogens is 360 g/mol. The van der Waals surface area contributed by atoms with Crippen LogP contribution in [0.2, 0.25) is 0 Å². The van der Waals surface area contributed by atoms with E-state index in [9.17, 15) is 0 Å². The van der Waals surface area contributed by atoms with Crippen LogP contribution in [0.15, 0.2) is 101 Å². The second kappa shape index (κ2) is 7.76. The smallest absolute Gasteiger partial charge is 0.0211 e. The molecule has 0 radical (unpaired) electrons. The zero-order chi connectivity index (χ0) is 20.7. The molecule has 0 heterocycles. The zero-order valence-corrected chi connectivity index (χ0v) is 18.2. The van der Waals surface area contributed by atoms with Crippen LogP contribution >= 0.6 is 0 Å². The van der Waals surface area contributed by atoms with Crippen LogP contribution in [0.1, 0.15) is 48.9 Å². The third-order valence-corrected chi connectivity index (χ3v) is 6.94. The molecule has 0 N–H and O–H groups in total. The molecule has 0 nitrogen and oxygen atoms in total. The van der Waals surface area contributed by atoms with E-state index in [4.69, 9.17) is 0 Å². The van der Waals surface area contributed by atoms with Gasteiger partial charge in [-0.25, -0.2) is 0 Å². The summed E-state index contributed by atoms with van der Waals surface area (Å²) < 4.78 is 0. The topological polar surface area (TPSA) is 0 Å². The summed E-state index contributed by atoms with van der Waals surface area (Å²) in [4.78, 5) is 0. The van der Waals surface area contributed by atoms with Crippen molar-refractivity contribution in [2.24, 2.45) is 5.92 Å². The monoisotopic (exact) mass is 390 g/mol. The van der Waals surface area contributed by atoms with Gasteiger partial charge in [0.05, 0.1) is 0 Å². The van der Waals surface area contributed by atoms with Crippen LogP contribution in [-0.2, 0) is 19.3 Å². The quantitative estimate of drug-likeness (QED) is 0.470. The number of rotatable bonds is 6. The Hall–Kier alpha value is -2.86. The van der Waals surface area contributed by atoms with Crippen molar-refractivity contribution in [3.8, 4) is 0 Å². The molecule has 0 aromatic heterocycles. The van der Waals surface area contributed by atoms with Gasteiger partial charge in [-0.1, -0.05) is 87.2 Å². The van der Waals surface area contributed by atoms with Gasteiger partial charge < -0.3 is 0 Å². The Bertz CT molecular complexity index is 1130. The first-order chi connectivity index (χ1) is 14.7. The Balaban J connectivity index is 1.36. The van der Waals surface area contributed by atoms with E-state index in [0.717, 1.165) is 32.1 Å². The predicted molar refractivity (Wildman–Crippen MR) is 129 cm³/mol. The highest BCUT2D eigenvalue weighted by Gasteiger charge is 2.24. The molecule has 30 heavy (non-hydrogen) atoms. The lowest BCUT2D eigenvalue weighted by Crippen LogP contribution is -1.99. The summed E-state index contributed by atoms with van der Waals surface area (Å²) in [5, 5.41) is 0. The lowest BCUT2D eigenvalue weighted by Gasteiger charge is -2.15. The molecule has 0 fully saturated rings. The highest BCUT2D eigenvalue weighted by atomic mass is 14.3. The molecule has 0 amide bonds. The Morgan fingerprint density at radius 3 is 2.67 bits per heavy atom. The van der Waals surface area contributed by atoms with Crippen LogP contribution in [-0.4, -0.2) is 0 Å². The molecule has 0 saturated carbocycles. The van der Waals surface area contributed by atoms with E-state index in [2.05, 4.69) is 87.2 Å². The van der Waals surface area contributed by atoms with E-state index in [1.165, 1.54) is 55.7 Å². The molecule has 0 heteroatoms. The number of fused-ring (bicyclic) bond motifs is 2. The highest BCUT2D eigenvalue weighted by Crippen LogP contribution is 2.41. The van der Waals surface area contributed by atoms with E-state index < -0.39 is 0 Å². The molecule has 1 atom stereocenters. The van der Waals surface area contributed by atoms with Gasteiger partial charge in [0, 0.05) is 5.92 Å². The van der Waals surface area contributed by atoms with Crippen molar-refractivity contribution in [2.75, 3.05) is 0 Å². The molecule has 4 aliphatic rings. The SMILES string of the molecule is C=C(CC1=CCC=C1C1=Cc2cc(CC)c(CC)cc2C1)C1=C2C=CC=CC2C=C1. The van der Waals surface area contributed by atoms with Gasteiger partial charge in [-0.2, -0.15) is 0 Å². The van der Waals surface area contributed by atoms with Crippen molar-refractivity contribution in [2.45, 2.75) is 46.0 Å². The summed E-state index contributed by atoms with van der Waals surface area (Å²) in [6.45, 7) is 9.02. The van der Waals surface area contributed by atoms with Crippen molar-refractivity contribution >= 4 is 6.08 Å². The number of hydrogen-bond acceptors (Lipinski definition) is 0. The van der Waals surface area contributed by atoms with Crippen LogP contribution in [0, 0.1) is 5.92 Å². The van der Waals surface area contributed by atoms with E-state index in [1.807, 2.05) is 0 Å². The van der Waals surface area contributed by atoms with Gasteiger partial charge in [0.2, 0.25) is 0 Å². The molecule has 0 aliphatic heterocycles. The summed E-state index contributed by atoms with van der Waals surface area (Å²) in [5.74, 6) is 0.432. The molecule has 4 aliphatic carbocycles. The molecule has 150 valence electrons. The van der Waals surface area contributed by atoms with Gasteiger partial charge in [0.25, 0.3) is 0 Å². The van der Waals surface area contributed by atoms with E-state index in [1.54, 1.807) is 0 Å². The van der Waals surface area contributed by atoms with E-state index >= 15 is 0 Å². The van der Waals surface area contributed by atoms with Crippen LogP contribution in [0.25, 0.3) is 6.08 Å². The summed E-state index contributed by atoms with van der Waals surface area (Å²) >= 11 is 0. The van der Waals surface area contributed by atoms with Crippen LogP contribution in [0.5, 0.6) is 0 Å². The average molecular weight is 391 g/mol. The average Bonchev–Trinajstić information content (AvgIpc) is 3.49. The predicted octanol–water partition coefficient (Wildman–Crippen LogP) is 7.56. The molecule has 0 saturated heterocycles. The first kappa shape index (κ1) is 19.1. The zero-order valence-electron chi connectivity index (χ0n) is 18.2. The first-order valence-corrected chi connectivity index (χ1v) is 11.4. The van der Waals surface area contributed by atoms with Crippen LogP contribution in [0.4, 0.5) is 0 Å². The molecule has 5 rings (SSSR count). The number of benzene rings is 1. The Morgan fingerprint density at radius 1 is 1.00 bits per heavy atom. The maximum atomic E-state index is 4.48. The van der Waals surface area contributed by atoms with Gasteiger partial charge in [-0.05, 0) is 87.8 Å². The minimum Gasteiger partial charge on any atom is -0.0949 e. The van der Waals surface area contributed by atoms with Crippen molar-refractivity contribution in [1.82, 2.24) is 0 Å². The maximum Gasteiger partial charge on any atom is 0.0211 e. The van der Waals surface area contributed by atoms with Crippen LogP contribution in [0.3, 0.4) is 0 Å². The van der Waals surface area contributed by atoms with Crippen molar-refractivity contribution in [3.63, 3.8) is 0 Å². The Kier molecular flexibility index (Phi) is 4.95. The van der Waals surface area contributed by atoms with E-state index in [0.29, 0.717) is 5.92 Å². The maximum absolute atomic E-state index is 4.48. The highest BCUT2D eigenvalue weighted by molar-refractivity contribution is 5.73. The Morgan fingerprint density at radius 2 is 1.83 bits per heavy atom. The fourth-order valence-corrected chi connectivity index (χ4v) is 5.33. The van der Waals surface area contributed by atoms with E-state index in [-0.39, 0.29) is 0 Å². The summed E-state index contributed by atoms with van der Waals surface area (Å²) in [5.41, 5.74) is 14.3. The molecule has 1 aromatic rings. The third kappa shape index (κ3) is 3.25. The van der Waals surface area contributed by atoms with Gasteiger partial charge in [-0.3, -0.25) is 0 Å². The number of hydrogen-bond donors (Lipinski definition) is 0. The van der Waals surface area contributed by atoms with Gasteiger partial charge in [0.1, 0.15) is 0 Å². The Labute approximate surface area is 181 Å². The lowest BCUT2D eigenvalue weighted by molar-refractivity contribution is 1.01. The largest absolute Gasteiger partial charge is 0.0949 e. The minimum absolute atomic E-state index is 0.432. The summed E-state index contributed by atoms with van der Waals surface area (Å²) in [6.07, 6.45) is 25.9. The van der Waals surface area contributed by atoms with Crippen molar-refractivity contribution in [3.05, 3.63) is 123 Å². The second-order valence-electron chi connectivity index (χ2n) is 8.73. The number of allylic oxidation sites excluding steroid dienone is 14. The lowest BCUT2D eigenvalue weighted by atomic mass is 9.89. The van der Waals surface area contributed by atoms with Crippen molar-refractivity contribution in [1.29, 1.82) is 0 Å². The van der Waals surface area contributed by atoms with Gasteiger partial charge in [-0.15, -0.1) is 0 Å². The molecule has 0 spiro atoms. The fourth-order valence-electron chi connectivity index (χ4n) is 5.33. The number of aryl methyl sites for hydroxylation is 2. The molecule has 1 unspecified atom stereocenters. The molecule has 0 bridgehead atoms. The third-order valence-electron chi connectivity index (χ3n) is 6.94. The minimum atomic E-state index is 0.432. The van der Waals surface area contributed by atoms with Crippen molar-refractivity contribution < 1.29 is 0 Å². The molecule has 1 aromatic carbocycles. The molecular formula is C30H30. The summed E-state index contributed by atoms with van der Waals surface area (Å²) in [7, 11) is 0.